The number of aryl methyl sites for hydroxylation is 1. The standard InChI is InChI=1S/C20H21N5O2/c1-25-11-15(16-9-12-3-2-7-22-19(12)24-16)14-5-4-13(10-17(14)25)20(27)23-8-6-18(21)26/h2-3,7,9-11H,4-6,8H2,1H3,(H2,21,26)(H,22,24)(H,23,27). The summed E-state index contributed by atoms with van der Waals surface area (Å²) in [4.78, 5) is 30.9. The van der Waals surface area contributed by atoms with Crippen LogP contribution in [0, 0.1) is 0 Å². The van der Waals surface area contributed by atoms with Crippen LogP contribution in [0.3, 0.4) is 0 Å². The van der Waals surface area contributed by atoms with Crippen LogP contribution in [0.4, 0.5) is 0 Å². The summed E-state index contributed by atoms with van der Waals surface area (Å²) in [6, 6.07) is 6.06. The third kappa shape index (κ3) is 3.23. The van der Waals surface area contributed by atoms with Crippen molar-refractivity contribution in [3.8, 4) is 11.3 Å². The first-order chi connectivity index (χ1) is 13.0. The van der Waals surface area contributed by atoms with Gasteiger partial charge in [0.1, 0.15) is 5.65 Å². The number of nitrogens with zero attached hydrogens (tertiary/aromatic N) is 2. The Balaban J connectivity index is 1.62. The van der Waals surface area contributed by atoms with Crippen molar-refractivity contribution in [2.45, 2.75) is 19.3 Å². The zero-order valence-corrected chi connectivity index (χ0v) is 15.1. The molecule has 4 N–H and O–H groups in total. The Labute approximate surface area is 156 Å². The second-order valence-electron chi connectivity index (χ2n) is 6.78. The van der Waals surface area contributed by atoms with Gasteiger partial charge in [0.05, 0.1) is 0 Å². The van der Waals surface area contributed by atoms with Gasteiger partial charge in [0.2, 0.25) is 11.8 Å². The molecule has 0 saturated heterocycles. The molecule has 0 bridgehead atoms. The molecule has 0 radical (unpaired) electrons. The number of H-pyrrole nitrogens is 1. The summed E-state index contributed by atoms with van der Waals surface area (Å²) < 4.78 is 2.04. The van der Waals surface area contributed by atoms with Crippen LogP contribution >= 0.6 is 0 Å². The summed E-state index contributed by atoms with van der Waals surface area (Å²) in [5.74, 6) is -0.561. The van der Waals surface area contributed by atoms with Crippen molar-refractivity contribution in [3.63, 3.8) is 0 Å². The summed E-state index contributed by atoms with van der Waals surface area (Å²) in [6.45, 7) is 0.263. The molecule has 0 fully saturated rings. The maximum atomic E-state index is 12.3. The van der Waals surface area contributed by atoms with Gasteiger partial charge in [-0.1, -0.05) is 0 Å². The first-order valence-electron chi connectivity index (χ1n) is 8.92. The fourth-order valence-corrected chi connectivity index (χ4v) is 3.57. The molecular weight excluding hydrogens is 342 g/mol. The normalized spacial score (nSPS) is 13.3. The minimum Gasteiger partial charge on any atom is -0.370 e. The summed E-state index contributed by atoms with van der Waals surface area (Å²) in [7, 11) is 1.98. The molecule has 138 valence electrons. The summed E-state index contributed by atoms with van der Waals surface area (Å²) in [6.07, 6.45) is 7.37. The minimum absolute atomic E-state index is 0.139. The van der Waals surface area contributed by atoms with Gasteiger partial charge >= 0.3 is 0 Å². The van der Waals surface area contributed by atoms with Crippen LogP contribution in [0.5, 0.6) is 0 Å². The van der Waals surface area contributed by atoms with Gasteiger partial charge < -0.3 is 20.6 Å². The summed E-state index contributed by atoms with van der Waals surface area (Å²) >= 11 is 0. The van der Waals surface area contributed by atoms with Crippen molar-refractivity contribution in [2.75, 3.05) is 6.54 Å². The van der Waals surface area contributed by atoms with E-state index in [4.69, 9.17) is 5.73 Å². The van der Waals surface area contributed by atoms with Gasteiger partial charge in [-0.25, -0.2) is 4.98 Å². The highest BCUT2D eigenvalue weighted by molar-refractivity contribution is 5.99. The lowest BCUT2D eigenvalue weighted by molar-refractivity contribution is -0.119. The average molecular weight is 363 g/mol. The highest BCUT2D eigenvalue weighted by atomic mass is 16.2. The topological polar surface area (TPSA) is 106 Å². The number of fused-ring (bicyclic) bond motifs is 2. The van der Waals surface area contributed by atoms with E-state index in [1.54, 1.807) is 6.20 Å². The third-order valence-electron chi connectivity index (χ3n) is 4.92. The Morgan fingerprint density at radius 3 is 3.00 bits per heavy atom. The van der Waals surface area contributed by atoms with E-state index in [-0.39, 0.29) is 18.9 Å². The Bertz CT molecular complexity index is 1040. The van der Waals surface area contributed by atoms with Gasteiger partial charge in [-0.2, -0.15) is 0 Å². The van der Waals surface area contributed by atoms with Crippen LogP contribution < -0.4 is 11.1 Å². The zero-order chi connectivity index (χ0) is 19.0. The Morgan fingerprint density at radius 2 is 2.22 bits per heavy atom. The van der Waals surface area contributed by atoms with Crippen LogP contribution in [0.1, 0.15) is 24.1 Å². The molecule has 4 rings (SSSR count). The van der Waals surface area contributed by atoms with Crippen LogP contribution in [0.25, 0.3) is 28.4 Å². The number of amides is 2. The molecule has 3 aromatic heterocycles. The first kappa shape index (κ1) is 17.1. The molecule has 0 spiro atoms. The predicted octanol–water partition coefficient (Wildman–Crippen LogP) is 1.89. The largest absolute Gasteiger partial charge is 0.370 e. The molecule has 27 heavy (non-hydrogen) atoms. The average Bonchev–Trinajstić information content (AvgIpc) is 3.22. The van der Waals surface area contributed by atoms with Crippen molar-refractivity contribution in [1.82, 2.24) is 19.9 Å². The molecule has 0 aromatic carbocycles. The molecule has 0 atom stereocenters. The lowest BCUT2D eigenvalue weighted by Crippen LogP contribution is -2.29. The van der Waals surface area contributed by atoms with E-state index in [0.717, 1.165) is 40.0 Å². The molecule has 3 aromatic rings. The van der Waals surface area contributed by atoms with Gasteiger partial charge in [-0.05, 0) is 42.7 Å². The van der Waals surface area contributed by atoms with Crippen molar-refractivity contribution in [3.05, 3.63) is 47.4 Å². The predicted molar refractivity (Wildman–Crippen MR) is 104 cm³/mol. The number of aromatic amines is 1. The van der Waals surface area contributed by atoms with Crippen LogP contribution in [-0.2, 0) is 23.1 Å². The number of primary amides is 1. The highest BCUT2D eigenvalue weighted by Crippen LogP contribution is 2.34. The molecular formula is C20H21N5O2. The van der Waals surface area contributed by atoms with E-state index in [9.17, 15) is 9.59 Å². The van der Waals surface area contributed by atoms with Gasteiger partial charge in [0.15, 0.2) is 0 Å². The van der Waals surface area contributed by atoms with E-state index in [1.165, 1.54) is 5.56 Å². The maximum Gasteiger partial charge on any atom is 0.247 e. The van der Waals surface area contributed by atoms with Crippen LogP contribution in [0.15, 0.2) is 36.2 Å². The second kappa shape index (κ2) is 6.75. The van der Waals surface area contributed by atoms with Gasteiger partial charge in [-0.3, -0.25) is 9.59 Å². The molecule has 0 aliphatic heterocycles. The van der Waals surface area contributed by atoms with Crippen molar-refractivity contribution in [2.24, 2.45) is 12.8 Å². The number of rotatable bonds is 5. The number of carbonyl (C=O) groups is 2. The van der Waals surface area contributed by atoms with Crippen molar-refractivity contribution < 1.29 is 9.59 Å². The number of nitrogens with two attached hydrogens (primary N) is 1. The van der Waals surface area contributed by atoms with E-state index in [1.807, 2.05) is 29.8 Å². The van der Waals surface area contributed by atoms with Gasteiger partial charge in [0, 0.05) is 60.3 Å². The van der Waals surface area contributed by atoms with Gasteiger partial charge in [0.25, 0.3) is 0 Å². The van der Waals surface area contributed by atoms with Crippen molar-refractivity contribution in [1.29, 1.82) is 0 Å². The third-order valence-corrected chi connectivity index (χ3v) is 4.92. The molecule has 7 heteroatoms. The molecule has 3 heterocycles. The molecule has 1 aliphatic rings. The number of nitrogens with one attached hydrogen (secondary N) is 2. The molecule has 7 nitrogen and oxygen atoms in total. The lowest BCUT2D eigenvalue weighted by atomic mass is 9.93. The Morgan fingerprint density at radius 1 is 1.37 bits per heavy atom. The summed E-state index contributed by atoms with van der Waals surface area (Å²) in [5.41, 5.74) is 11.1. The van der Waals surface area contributed by atoms with E-state index in [0.29, 0.717) is 6.42 Å². The summed E-state index contributed by atoms with van der Waals surface area (Å²) in [5, 5.41) is 3.83. The zero-order valence-electron chi connectivity index (χ0n) is 15.1. The molecule has 0 unspecified atom stereocenters. The molecule has 1 aliphatic carbocycles. The smallest absolute Gasteiger partial charge is 0.247 e. The van der Waals surface area contributed by atoms with Crippen molar-refractivity contribution >= 4 is 28.9 Å². The number of hydrogen-bond acceptors (Lipinski definition) is 3. The van der Waals surface area contributed by atoms with Gasteiger partial charge in [-0.15, -0.1) is 0 Å². The number of hydrogen-bond donors (Lipinski definition) is 3. The Hall–Kier alpha value is -3.35. The fraction of sp³-hybridized carbons (Fsp3) is 0.250. The van der Waals surface area contributed by atoms with Crippen LogP contribution in [0.2, 0.25) is 0 Å². The van der Waals surface area contributed by atoms with Crippen LogP contribution in [-0.4, -0.2) is 32.9 Å². The molecule has 0 saturated carbocycles. The van der Waals surface area contributed by atoms with E-state index in [2.05, 4.69) is 27.5 Å². The Kier molecular flexibility index (Phi) is 4.27. The monoisotopic (exact) mass is 363 g/mol. The minimum atomic E-state index is -0.421. The number of pyridine rings is 1. The SMILES string of the molecule is Cn1cc(-c2cc3cccnc3[nH]2)c2c1C=C(C(=O)NCCC(N)=O)CC2. The highest BCUT2D eigenvalue weighted by Gasteiger charge is 2.22. The van der Waals surface area contributed by atoms with E-state index < -0.39 is 5.91 Å². The maximum absolute atomic E-state index is 12.3. The number of aromatic nitrogens is 3. The second-order valence-corrected chi connectivity index (χ2v) is 6.78. The quantitative estimate of drug-likeness (QED) is 0.644. The van der Waals surface area contributed by atoms with E-state index >= 15 is 0 Å². The fourth-order valence-electron chi connectivity index (χ4n) is 3.57. The molecule has 2 amide bonds. The number of carbonyl (C=O) groups excluding carboxylic acids is 2. The first-order valence-corrected chi connectivity index (χ1v) is 8.92. The lowest BCUT2D eigenvalue weighted by Gasteiger charge is -2.15.